The molecule has 0 spiro atoms. The highest BCUT2D eigenvalue weighted by atomic mass is 32.2. The number of rotatable bonds is 2. The second kappa shape index (κ2) is 3.39. The lowest BCUT2D eigenvalue weighted by atomic mass is 10.4. The summed E-state index contributed by atoms with van der Waals surface area (Å²) in [6.07, 6.45) is 0.357. The molecule has 12 heavy (non-hydrogen) atoms. The van der Waals surface area contributed by atoms with Crippen LogP contribution >= 0.6 is 10.5 Å². The van der Waals surface area contributed by atoms with Crippen molar-refractivity contribution in [3.05, 3.63) is 0 Å². The van der Waals surface area contributed by atoms with E-state index in [4.69, 9.17) is 0 Å². The van der Waals surface area contributed by atoms with Gasteiger partial charge in [0.15, 0.2) is 0 Å². The maximum atomic E-state index is 11.4. The molecule has 2 amide bonds. The van der Waals surface area contributed by atoms with E-state index in [0.717, 1.165) is 5.75 Å². The normalized spacial score (nSPS) is 26.5. The first kappa shape index (κ1) is 9.45. The minimum absolute atomic E-state index is 0.0554. The Bertz CT molecular complexity index is 249. The van der Waals surface area contributed by atoms with Crippen LogP contribution in [0.25, 0.3) is 0 Å². The fraction of sp³-hybridized carbons (Fsp3) is 0.625. The fourth-order valence-electron chi connectivity index (χ4n) is 1.18. The number of hydrogen-bond acceptors (Lipinski definition) is 2. The fourth-order valence-corrected chi connectivity index (χ4v) is 2.41. The van der Waals surface area contributed by atoms with Crippen LogP contribution < -0.4 is 0 Å². The molecule has 1 heterocycles. The summed E-state index contributed by atoms with van der Waals surface area (Å²) in [5, 5.41) is -0.146. The van der Waals surface area contributed by atoms with Gasteiger partial charge in [-0.1, -0.05) is 12.8 Å². The standard InChI is InChI=1S/C8H13NO2S/c1-4-12(3)6-5-7(10)9(2)8(6)11/h6H,3-5H2,1-2H3. The van der Waals surface area contributed by atoms with Crippen LogP contribution in [-0.2, 0) is 9.59 Å². The van der Waals surface area contributed by atoms with E-state index in [1.54, 1.807) is 0 Å². The van der Waals surface area contributed by atoms with Crippen LogP contribution in [-0.4, -0.2) is 40.6 Å². The van der Waals surface area contributed by atoms with Crippen LogP contribution in [0.1, 0.15) is 13.3 Å². The molecule has 4 heteroatoms. The van der Waals surface area contributed by atoms with E-state index in [0.29, 0.717) is 6.42 Å². The van der Waals surface area contributed by atoms with E-state index in [2.05, 4.69) is 5.87 Å². The summed E-state index contributed by atoms with van der Waals surface area (Å²) in [5.41, 5.74) is 0. The van der Waals surface area contributed by atoms with Crippen LogP contribution in [0, 0.1) is 0 Å². The van der Waals surface area contributed by atoms with E-state index < -0.39 is 0 Å². The van der Waals surface area contributed by atoms with Gasteiger partial charge in [0.2, 0.25) is 11.8 Å². The van der Waals surface area contributed by atoms with Crippen LogP contribution in [0.5, 0.6) is 0 Å². The van der Waals surface area contributed by atoms with E-state index in [-0.39, 0.29) is 27.5 Å². The lowest BCUT2D eigenvalue weighted by Gasteiger charge is -2.10. The minimum atomic E-state index is -0.186. The van der Waals surface area contributed by atoms with Crippen molar-refractivity contribution in [3.63, 3.8) is 0 Å². The van der Waals surface area contributed by atoms with Crippen molar-refractivity contribution in [1.29, 1.82) is 0 Å². The summed E-state index contributed by atoms with van der Waals surface area (Å²) in [7, 11) is 1.35. The molecule has 2 atom stereocenters. The highest BCUT2D eigenvalue weighted by molar-refractivity contribution is 8.15. The molecule has 1 fully saturated rings. The molecule has 0 bridgehead atoms. The average Bonchev–Trinajstić information content (AvgIpc) is 2.32. The summed E-state index contributed by atoms with van der Waals surface area (Å²) < 4.78 is 0. The van der Waals surface area contributed by atoms with Crippen molar-refractivity contribution in [2.45, 2.75) is 18.6 Å². The van der Waals surface area contributed by atoms with Gasteiger partial charge < -0.3 is 0 Å². The Balaban J connectivity index is 2.78. The lowest BCUT2D eigenvalue weighted by Crippen LogP contribution is -2.27. The Morgan fingerprint density at radius 3 is 2.58 bits per heavy atom. The molecular weight excluding hydrogens is 174 g/mol. The lowest BCUT2D eigenvalue weighted by molar-refractivity contribution is -0.136. The molecule has 1 aliphatic heterocycles. The topological polar surface area (TPSA) is 37.4 Å². The van der Waals surface area contributed by atoms with E-state index in [1.807, 2.05) is 6.92 Å². The van der Waals surface area contributed by atoms with E-state index >= 15 is 0 Å². The predicted molar refractivity (Wildman–Crippen MR) is 51.4 cm³/mol. The van der Waals surface area contributed by atoms with Crippen molar-refractivity contribution in [2.24, 2.45) is 0 Å². The first-order valence-electron chi connectivity index (χ1n) is 3.87. The van der Waals surface area contributed by atoms with Crippen molar-refractivity contribution in [1.82, 2.24) is 4.90 Å². The van der Waals surface area contributed by atoms with Gasteiger partial charge in [-0.2, -0.15) is 10.5 Å². The molecule has 0 saturated carbocycles. The number of imide groups is 1. The largest absolute Gasteiger partial charge is 0.285 e. The molecule has 0 aromatic heterocycles. The third kappa shape index (κ3) is 1.43. The minimum Gasteiger partial charge on any atom is -0.285 e. The van der Waals surface area contributed by atoms with E-state index in [1.165, 1.54) is 11.9 Å². The van der Waals surface area contributed by atoms with Gasteiger partial charge in [-0.15, -0.1) is 0 Å². The maximum absolute atomic E-state index is 11.4. The quantitative estimate of drug-likeness (QED) is 0.465. The molecular formula is C8H13NO2S. The molecule has 68 valence electrons. The van der Waals surface area contributed by atoms with Crippen LogP contribution in [0.3, 0.4) is 0 Å². The molecule has 0 aromatic rings. The number of nitrogens with zero attached hydrogens (tertiary/aromatic N) is 1. The number of likely N-dealkylation sites (tertiary alicyclic amines) is 1. The monoisotopic (exact) mass is 187 g/mol. The summed E-state index contributed by atoms with van der Waals surface area (Å²) >= 11 is 0. The molecule has 0 N–H and O–H groups in total. The van der Waals surface area contributed by atoms with Crippen LogP contribution in [0.15, 0.2) is 0 Å². The predicted octanol–water partition coefficient (Wildman–Crippen LogP) is 0.464. The van der Waals surface area contributed by atoms with Crippen LogP contribution in [0.2, 0.25) is 0 Å². The van der Waals surface area contributed by atoms with Crippen molar-refractivity contribution < 1.29 is 9.59 Å². The summed E-state index contributed by atoms with van der Waals surface area (Å²) in [4.78, 5) is 23.7. The molecule has 3 nitrogen and oxygen atoms in total. The summed E-state index contributed by atoms with van der Waals surface area (Å²) in [6, 6.07) is 0. The van der Waals surface area contributed by atoms with Gasteiger partial charge in [0.25, 0.3) is 0 Å². The number of carbonyl (C=O) groups excluding carboxylic acids is 2. The molecule has 0 aliphatic carbocycles. The molecule has 1 rings (SSSR count). The van der Waals surface area contributed by atoms with Crippen LogP contribution in [0.4, 0.5) is 0 Å². The van der Waals surface area contributed by atoms with Crippen molar-refractivity contribution >= 4 is 28.2 Å². The molecule has 1 saturated heterocycles. The average molecular weight is 187 g/mol. The first-order chi connectivity index (χ1) is 5.57. The van der Waals surface area contributed by atoms with Gasteiger partial charge in [-0.25, -0.2) is 0 Å². The van der Waals surface area contributed by atoms with Gasteiger partial charge in [-0.05, 0) is 5.75 Å². The van der Waals surface area contributed by atoms with Gasteiger partial charge in [0.1, 0.15) is 0 Å². The second-order valence-corrected chi connectivity index (χ2v) is 5.03. The van der Waals surface area contributed by atoms with Gasteiger partial charge in [0.05, 0.1) is 5.25 Å². The van der Waals surface area contributed by atoms with Gasteiger partial charge in [0, 0.05) is 13.5 Å². The third-order valence-electron chi connectivity index (χ3n) is 2.11. The zero-order valence-electron chi connectivity index (χ0n) is 7.37. The molecule has 0 aromatic carbocycles. The SMILES string of the molecule is C=S(CC)C1CC(=O)N(C)C1=O. The first-order valence-corrected chi connectivity index (χ1v) is 5.50. The Labute approximate surface area is 74.7 Å². The Hall–Kier alpha value is -0.640. The molecule has 0 radical (unpaired) electrons. The van der Waals surface area contributed by atoms with Gasteiger partial charge in [-0.3, -0.25) is 14.5 Å². The number of carbonyl (C=O) groups is 2. The highest BCUT2D eigenvalue weighted by Crippen LogP contribution is 2.27. The number of amides is 2. The Kier molecular flexibility index (Phi) is 2.67. The summed E-state index contributed by atoms with van der Waals surface area (Å²) in [6.45, 7) is 1.99. The zero-order chi connectivity index (χ0) is 9.30. The van der Waals surface area contributed by atoms with Crippen molar-refractivity contribution in [3.8, 4) is 0 Å². The zero-order valence-corrected chi connectivity index (χ0v) is 8.19. The van der Waals surface area contributed by atoms with Gasteiger partial charge >= 0.3 is 0 Å². The summed E-state index contributed by atoms with van der Waals surface area (Å²) in [5.74, 6) is 4.63. The molecule has 1 aliphatic rings. The maximum Gasteiger partial charge on any atom is 0.242 e. The smallest absolute Gasteiger partial charge is 0.242 e. The van der Waals surface area contributed by atoms with E-state index in [9.17, 15) is 9.59 Å². The molecule has 2 unspecified atom stereocenters. The Morgan fingerprint density at radius 2 is 2.25 bits per heavy atom. The second-order valence-electron chi connectivity index (χ2n) is 2.81. The highest BCUT2D eigenvalue weighted by Gasteiger charge is 2.36. The third-order valence-corrected chi connectivity index (χ3v) is 4.03. The number of hydrogen-bond donors (Lipinski definition) is 0. The van der Waals surface area contributed by atoms with Crippen molar-refractivity contribution in [2.75, 3.05) is 12.8 Å². The Morgan fingerprint density at radius 1 is 1.67 bits per heavy atom.